The fourth-order valence-electron chi connectivity index (χ4n) is 3.57. The average molecular weight is 350 g/mol. The van der Waals surface area contributed by atoms with Gasteiger partial charge in [0.25, 0.3) is 0 Å². The highest BCUT2D eigenvalue weighted by Crippen LogP contribution is 2.30. The predicted octanol–water partition coefficient (Wildman–Crippen LogP) is 2.70. The monoisotopic (exact) mass is 350 g/mol. The number of hydrogen-bond donors (Lipinski definition) is 0. The lowest BCUT2D eigenvalue weighted by atomic mass is 10.1. The van der Waals surface area contributed by atoms with Crippen LogP contribution < -0.4 is 10.5 Å². The van der Waals surface area contributed by atoms with E-state index in [0.717, 1.165) is 36.5 Å². The number of hydrogen-bond acceptors (Lipinski definition) is 6. The summed E-state index contributed by atoms with van der Waals surface area (Å²) in [6, 6.07) is 9.89. The summed E-state index contributed by atoms with van der Waals surface area (Å²) in [7, 11) is 4.19. The Morgan fingerprint density at radius 3 is 2.85 bits per heavy atom. The molecule has 26 heavy (non-hydrogen) atoms. The number of likely N-dealkylation sites (N-methyl/N-ethyl adjacent to an activating group) is 1. The van der Waals surface area contributed by atoms with Crippen molar-refractivity contribution in [2.75, 3.05) is 32.1 Å². The van der Waals surface area contributed by atoms with Gasteiger partial charge in [0.2, 0.25) is 5.89 Å². The van der Waals surface area contributed by atoms with Crippen LogP contribution in [-0.4, -0.2) is 48.1 Å². The molecule has 134 valence electrons. The van der Waals surface area contributed by atoms with E-state index in [9.17, 15) is 4.79 Å². The molecule has 0 radical (unpaired) electrons. The Hall–Kier alpha value is -2.73. The summed E-state index contributed by atoms with van der Waals surface area (Å²) in [6.07, 6.45) is 2.85. The molecule has 3 heterocycles. The van der Waals surface area contributed by atoms with E-state index in [1.54, 1.807) is 6.20 Å². The number of pyridine rings is 1. The summed E-state index contributed by atoms with van der Waals surface area (Å²) < 4.78 is 5.59. The number of aromatic nitrogens is 2. The highest BCUT2D eigenvalue weighted by Gasteiger charge is 2.27. The zero-order valence-electron chi connectivity index (χ0n) is 15.3. The second kappa shape index (κ2) is 6.53. The first-order chi connectivity index (χ1) is 12.5. The maximum atomic E-state index is 12.5. The highest BCUT2D eigenvalue weighted by atomic mass is 16.4. The molecule has 0 bridgehead atoms. The van der Waals surface area contributed by atoms with Crippen LogP contribution in [0.4, 0.5) is 5.82 Å². The summed E-state index contributed by atoms with van der Waals surface area (Å²) >= 11 is 0. The normalized spacial score (nSPS) is 17.4. The van der Waals surface area contributed by atoms with Gasteiger partial charge >= 0.3 is 5.63 Å². The summed E-state index contributed by atoms with van der Waals surface area (Å²) in [5.41, 5.74) is 1.92. The Kier molecular flexibility index (Phi) is 4.20. The Morgan fingerprint density at radius 2 is 2.08 bits per heavy atom. The number of fused-ring (bicyclic) bond motifs is 1. The van der Waals surface area contributed by atoms with E-state index in [0.29, 0.717) is 22.8 Å². The van der Waals surface area contributed by atoms with Crippen molar-refractivity contribution in [2.45, 2.75) is 19.4 Å². The molecule has 0 aliphatic carbocycles. The van der Waals surface area contributed by atoms with E-state index in [2.05, 4.69) is 33.9 Å². The van der Waals surface area contributed by atoms with Crippen LogP contribution in [0.15, 0.2) is 45.7 Å². The molecular formula is C20H22N4O2. The van der Waals surface area contributed by atoms with Crippen LogP contribution in [-0.2, 0) is 0 Å². The quantitative estimate of drug-likeness (QED) is 0.724. The van der Waals surface area contributed by atoms with E-state index >= 15 is 0 Å². The van der Waals surface area contributed by atoms with Gasteiger partial charge in [0.1, 0.15) is 5.82 Å². The van der Waals surface area contributed by atoms with Crippen molar-refractivity contribution in [3.05, 3.63) is 52.5 Å². The molecule has 1 aliphatic heterocycles. The van der Waals surface area contributed by atoms with E-state index < -0.39 is 0 Å². The summed E-state index contributed by atoms with van der Waals surface area (Å²) in [5.74, 6) is 1.14. The third kappa shape index (κ3) is 2.86. The molecule has 3 aromatic rings. The van der Waals surface area contributed by atoms with E-state index in [1.807, 2.05) is 37.3 Å². The molecule has 0 spiro atoms. The van der Waals surface area contributed by atoms with Crippen LogP contribution in [0.3, 0.4) is 0 Å². The second-order valence-electron chi connectivity index (χ2n) is 7.00. The maximum absolute atomic E-state index is 12.5. The molecule has 0 amide bonds. The van der Waals surface area contributed by atoms with Crippen LogP contribution in [0.1, 0.15) is 12.0 Å². The number of anilines is 1. The minimum absolute atomic E-state index is 0.324. The smallest absolute Gasteiger partial charge is 0.347 e. The Labute approximate surface area is 152 Å². The second-order valence-corrected chi connectivity index (χ2v) is 7.00. The Bertz CT molecular complexity index is 1010. The lowest BCUT2D eigenvalue weighted by Crippen LogP contribution is -2.31. The topological polar surface area (TPSA) is 62.5 Å². The molecule has 2 aromatic heterocycles. The van der Waals surface area contributed by atoms with Crippen molar-refractivity contribution in [1.82, 2.24) is 14.9 Å². The molecule has 6 heteroatoms. The first-order valence-electron chi connectivity index (χ1n) is 8.82. The van der Waals surface area contributed by atoms with Gasteiger partial charge in [0, 0.05) is 25.3 Å². The summed E-state index contributed by atoms with van der Waals surface area (Å²) in [6.45, 7) is 3.71. The maximum Gasteiger partial charge on any atom is 0.347 e. The molecule has 1 fully saturated rings. The first kappa shape index (κ1) is 16.7. The van der Waals surface area contributed by atoms with Gasteiger partial charge in [-0.1, -0.05) is 12.1 Å². The zero-order chi connectivity index (χ0) is 18.3. The van der Waals surface area contributed by atoms with E-state index in [1.165, 1.54) is 0 Å². The molecule has 1 unspecified atom stereocenters. The van der Waals surface area contributed by atoms with Crippen LogP contribution in [0.2, 0.25) is 0 Å². The fourth-order valence-corrected chi connectivity index (χ4v) is 3.57. The van der Waals surface area contributed by atoms with Crippen molar-refractivity contribution in [1.29, 1.82) is 0 Å². The Morgan fingerprint density at radius 1 is 1.23 bits per heavy atom. The average Bonchev–Trinajstić information content (AvgIpc) is 3.12. The van der Waals surface area contributed by atoms with Crippen molar-refractivity contribution < 1.29 is 4.42 Å². The molecule has 1 aromatic carbocycles. The van der Waals surface area contributed by atoms with Crippen molar-refractivity contribution in [3.8, 4) is 11.5 Å². The van der Waals surface area contributed by atoms with Gasteiger partial charge in [-0.15, -0.1) is 0 Å². The Balaban J connectivity index is 1.80. The molecule has 0 N–H and O–H groups in total. The van der Waals surface area contributed by atoms with Crippen molar-refractivity contribution >= 4 is 16.7 Å². The number of rotatable bonds is 3. The summed E-state index contributed by atoms with van der Waals surface area (Å²) in [5, 5.41) is 0.538. The minimum atomic E-state index is -0.356. The van der Waals surface area contributed by atoms with Crippen LogP contribution in [0.25, 0.3) is 22.4 Å². The van der Waals surface area contributed by atoms with Gasteiger partial charge in [-0.25, -0.2) is 14.8 Å². The predicted molar refractivity (Wildman–Crippen MR) is 103 cm³/mol. The number of benzene rings is 1. The van der Waals surface area contributed by atoms with Crippen LogP contribution in [0.5, 0.6) is 0 Å². The molecule has 1 saturated heterocycles. The zero-order valence-corrected chi connectivity index (χ0v) is 15.3. The number of aryl methyl sites for hydroxylation is 1. The van der Waals surface area contributed by atoms with Gasteiger partial charge in [-0.2, -0.15) is 0 Å². The van der Waals surface area contributed by atoms with Crippen LogP contribution in [0, 0.1) is 6.92 Å². The van der Waals surface area contributed by atoms with Crippen molar-refractivity contribution in [3.63, 3.8) is 0 Å². The lowest BCUT2D eigenvalue weighted by molar-refractivity contribution is 0.315. The minimum Gasteiger partial charge on any atom is -0.403 e. The fraction of sp³-hybridized carbons (Fsp3) is 0.350. The van der Waals surface area contributed by atoms with E-state index in [4.69, 9.17) is 4.42 Å². The number of nitrogens with zero attached hydrogens (tertiary/aromatic N) is 4. The third-order valence-corrected chi connectivity index (χ3v) is 5.08. The first-order valence-corrected chi connectivity index (χ1v) is 8.82. The van der Waals surface area contributed by atoms with Gasteiger partial charge in [0.05, 0.1) is 16.5 Å². The highest BCUT2D eigenvalue weighted by molar-refractivity contribution is 5.82. The van der Waals surface area contributed by atoms with Gasteiger partial charge in [-0.3, -0.25) is 0 Å². The van der Waals surface area contributed by atoms with E-state index in [-0.39, 0.29) is 5.63 Å². The van der Waals surface area contributed by atoms with Crippen molar-refractivity contribution in [2.24, 2.45) is 0 Å². The summed E-state index contributed by atoms with van der Waals surface area (Å²) in [4.78, 5) is 26.2. The molecule has 1 atom stereocenters. The molecule has 6 nitrogen and oxygen atoms in total. The van der Waals surface area contributed by atoms with Gasteiger partial charge < -0.3 is 14.2 Å². The lowest BCUT2D eigenvalue weighted by Gasteiger charge is -2.22. The molecule has 0 saturated carbocycles. The molecule has 4 rings (SSSR count). The standard InChI is InChI=1S/C20H22N4O2/c1-13-6-4-8-16-17(13)20(25)26-19(22-16)15-7-5-10-21-18(15)24-11-9-14(12-24)23(2)3/h4-8,10,14H,9,11-12H2,1-3H3. The van der Waals surface area contributed by atoms with Crippen LogP contribution >= 0.6 is 0 Å². The van der Waals surface area contributed by atoms with Gasteiger partial charge in [-0.05, 0) is 51.2 Å². The van der Waals surface area contributed by atoms with Gasteiger partial charge in [0.15, 0.2) is 0 Å². The molecular weight excluding hydrogens is 328 g/mol. The molecule has 1 aliphatic rings. The largest absolute Gasteiger partial charge is 0.403 e. The SMILES string of the molecule is Cc1cccc2nc(-c3cccnc3N3CCC(N(C)C)C3)oc(=O)c12. The third-order valence-electron chi connectivity index (χ3n) is 5.08.